The summed E-state index contributed by atoms with van der Waals surface area (Å²) >= 11 is 11.9. The second-order valence-electron chi connectivity index (χ2n) is 5.67. The molecule has 2 amide bonds. The van der Waals surface area contributed by atoms with Gasteiger partial charge >= 0.3 is 0 Å². The first-order chi connectivity index (χ1) is 12.1. The molecule has 0 aliphatic carbocycles. The van der Waals surface area contributed by atoms with E-state index < -0.39 is 5.91 Å². The summed E-state index contributed by atoms with van der Waals surface area (Å²) in [5.74, 6) is -0.846. The zero-order valence-corrected chi connectivity index (χ0v) is 14.8. The maximum Gasteiger partial charge on any atom is 0.278 e. The van der Waals surface area contributed by atoms with Crippen molar-refractivity contribution in [3.8, 4) is 0 Å². The van der Waals surface area contributed by atoms with Crippen molar-refractivity contribution in [1.29, 1.82) is 0 Å². The first kappa shape index (κ1) is 17.5. The Balaban J connectivity index is 1.63. The summed E-state index contributed by atoms with van der Waals surface area (Å²) in [6, 6.07) is 16.9. The van der Waals surface area contributed by atoms with Crippen LogP contribution in [-0.4, -0.2) is 23.3 Å². The molecule has 0 spiro atoms. The molecule has 4 nitrogen and oxygen atoms in total. The molecule has 6 heteroatoms. The van der Waals surface area contributed by atoms with Crippen LogP contribution in [0.25, 0.3) is 0 Å². The summed E-state index contributed by atoms with van der Waals surface area (Å²) < 4.78 is 0. The lowest BCUT2D eigenvalue weighted by molar-refractivity contribution is -0.137. The van der Waals surface area contributed by atoms with Crippen LogP contribution in [0.5, 0.6) is 0 Å². The molecular formula is C19H16Cl2N2O2. The van der Waals surface area contributed by atoms with Crippen LogP contribution >= 0.6 is 23.2 Å². The monoisotopic (exact) mass is 374 g/mol. The predicted octanol–water partition coefficient (Wildman–Crippen LogP) is 3.49. The Morgan fingerprint density at radius 3 is 2.20 bits per heavy atom. The van der Waals surface area contributed by atoms with Gasteiger partial charge in [-0.3, -0.25) is 14.5 Å². The summed E-state index contributed by atoms with van der Waals surface area (Å²) in [6.07, 6.45) is 0.590. The molecule has 1 aliphatic rings. The van der Waals surface area contributed by atoms with Crippen LogP contribution < -0.4 is 5.32 Å². The molecular weight excluding hydrogens is 359 g/mol. The van der Waals surface area contributed by atoms with Gasteiger partial charge < -0.3 is 5.32 Å². The number of halogens is 2. The lowest BCUT2D eigenvalue weighted by Crippen LogP contribution is -2.35. The number of nitrogens with zero attached hydrogens (tertiary/aromatic N) is 1. The maximum absolute atomic E-state index is 12.5. The van der Waals surface area contributed by atoms with Gasteiger partial charge in [-0.25, -0.2) is 0 Å². The summed E-state index contributed by atoms with van der Waals surface area (Å²) in [7, 11) is 0. The van der Waals surface area contributed by atoms with E-state index in [2.05, 4.69) is 5.32 Å². The fraction of sp³-hybridized carbons (Fsp3) is 0.158. The molecule has 2 aromatic carbocycles. The highest BCUT2D eigenvalue weighted by Crippen LogP contribution is 2.23. The summed E-state index contributed by atoms with van der Waals surface area (Å²) in [5, 5.41) is 3.54. The molecule has 0 saturated heterocycles. The van der Waals surface area contributed by atoms with Gasteiger partial charge in [0.25, 0.3) is 11.8 Å². The van der Waals surface area contributed by atoms with Crippen molar-refractivity contribution in [3.05, 3.63) is 81.5 Å². The minimum Gasteiger partial charge on any atom is -0.375 e. The molecule has 0 bridgehead atoms. The molecule has 0 saturated carbocycles. The van der Waals surface area contributed by atoms with Gasteiger partial charge in [0.2, 0.25) is 0 Å². The summed E-state index contributed by atoms with van der Waals surface area (Å²) in [4.78, 5) is 25.9. The molecule has 0 radical (unpaired) electrons. The Morgan fingerprint density at radius 1 is 0.840 bits per heavy atom. The van der Waals surface area contributed by atoms with Crippen LogP contribution in [0.2, 0.25) is 5.02 Å². The van der Waals surface area contributed by atoms with Crippen molar-refractivity contribution in [2.24, 2.45) is 0 Å². The Labute approximate surface area is 156 Å². The number of amides is 2. The first-order valence-electron chi connectivity index (χ1n) is 7.84. The number of hydrogen-bond acceptors (Lipinski definition) is 3. The van der Waals surface area contributed by atoms with Crippen molar-refractivity contribution in [2.75, 3.05) is 6.54 Å². The largest absolute Gasteiger partial charge is 0.375 e. The van der Waals surface area contributed by atoms with E-state index in [-0.39, 0.29) is 16.6 Å². The van der Waals surface area contributed by atoms with E-state index in [9.17, 15) is 9.59 Å². The molecule has 3 rings (SSSR count). The van der Waals surface area contributed by atoms with Gasteiger partial charge in [0.05, 0.1) is 0 Å². The number of nitrogens with one attached hydrogen (secondary N) is 1. The third-order valence-electron chi connectivity index (χ3n) is 3.96. The third-order valence-corrected chi connectivity index (χ3v) is 4.56. The van der Waals surface area contributed by atoms with E-state index in [4.69, 9.17) is 23.2 Å². The van der Waals surface area contributed by atoms with Gasteiger partial charge in [0.1, 0.15) is 10.7 Å². The lowest BCUT2D eigenvalue weighted by Gasteiger charge is -2.15. The molecule has 1 heterocycles. The molecule has 0 aromatic heterocycles. The summed E-state index contributed by atoms with van der Waals surface area (Å²) in [5.41, 5.74) is 2.14. The van der Waals surface area contributed by atoms with Crippen molar-refractivity contribution >= 4 is 35.0 Å². The highest BCUT2D eigenvalue weighted by Gasteiger charge is 2.37. The smallest absolute Gasteiger partial charge is 0.278 e. The van der Waals surface area contributed by atoms with E-state index in [0.717, 1.165) is 11.1 Å². The van der Waals surface area contributed by atoms with Crippen molar-refractivity contribution < 1.29 is 9.59 Å². The minimum atomic E-state index is -0.457. The molecule has 1 N–H and O–H groups in total. The zero-order chi connectivity index (χ0) is 17.8. The number of benzene rings is 2. The highest BCUT2D eigenvalue weighted by molar-refractivity contribution is 6.47. The zero-order valence-electron chi connectivity index (χ0n) is 13.3. The number of imide groups is 1. The van der Waals surface area contributed by atoms with Gasteiger partial charge in [0, 0.05) is 18.1 Å². The lowest BCUT2D eigenvalue weighted by atomic mass is 10.1. The minimum absolute atomic E-state index is 0.0629. The van der Waals surface area contributed by atoms with Gasteiger partial charge in [-0.15, -0.1) is 0 Å². The van der Waals surface area contributed by atoms with Crippen LogP contribution in [0.3, 0.4) is 0 Å². The molecule has 0 atom stereocenters. The number of rotatable bonds is 6. The highest BCUT2D eigenvalue weighted by atomic mass is 35.5. The Bertz CT molecular complexity index is 817. The Morgan fingerprint density at radius 2 is 1.52 bits per heavy atom. The fourth-order valence-electron chi connectivity index (χ4n) is 2.58. The van der Waals surface area contributed by atoms with Crippen molar-refractivity contribution in [1.82, 2.24) is 10.2 Å². The molecule has 0 fully saturated rings. The second kappa shape index (κ2) is 7.72. The Hall–Kier alpha value is -2.30. The molecule has 0 unspecified atom stereocenters. The van der Waals surface area contributed by atoms with Crippen LogP contribution in [0.1, 0.15) is 11.1 Å². The first-order valence-corrected chi connectivity index (χ1v) is 8.60. The van der Waals surface area contributed by atoms with Gasteiger partial charge in [-0.1, -0.05) is 65.7 Å². The van der Waals surface area contributed by atoms with Crippen LogP contribution in [-0.2, 0) is 22.6 Å². The average Bonchev–Trinajstić information content (AvgIpc) is 2.83. The molecule has 128 valence electrons. The van der Waals surface area contributed by atoms with E-state index >= 15 is 0 Å². The number of carbonyl (C=O) groups is 2. The number of carbonyl (C=O) groups excluding carboxylic acids is 2. The quantitative estimate of drug-likeness (QED) is 0.787. The topological polar surface area (TPSA) is 49.4 Å². The second-order valence-corrected chi connectivity index (χ2v) is 6.48. The van der Waals surface area contributed by atoms with E-state index in [1.54, 1.807) is 12.1 Å². The Kier molecular flexibility index (Phi) is 5.41. The predicted molar refractivity (Wildman–Crippen MR) is 98.0 cm³/mol. The average molecular weight is 375 g/mol. The number of hydrogen-bond donors (Lipinski definition) is 1. The van der Waals surface area contributed by atoms with Crippen molar-refractivity contribution in [3.63, 3.8) is 0 Å². The van der Waals surface area contributed by atoms with E-state index in [1.165, 1.54) is 4.90 Å². The normalized spacial score (nSPS) is 14.4. The van der Waals surface area contributed by atoms with Crippen LogP contribution in [0.4, 0.5) is 0 Å². The third kappa shape index (κ3) is 4.03. The molecule has 2 aromatic rings. The van der Waals surface area contributed by atoms with Gasteiger partial charge in [-0.05, 0) is 29.7 Å². The van der Waals surface area contributed by atoms with Crippen molar-refractivity contribution in [2.45, 2.75) is 13.0 Å². The fourth-order valence-corrected chi connectivity index (χ4v) is 2.96. The molecule has 1 aliphatic heterocycles. The van der Waals surface area contributed by atoms with Crippen LogP contribution in [0, 0.1) is 0 Å². The summed E-state index contributed by atoms with van der Waals surface area (Å²) in [6.45, 7) is 0.679. The van der Waals surface area contributed by atoms with Crippen LogP contribution in [0.15, 0.2) is 65.3 Å². The maximum atomic E-state index is 12.5. The molecule has 25 heavy (non-hydrogen) atoms. The van der Waals surface area contributed by atoms with E-state index in [0.29, 0.717) is 24.5 Å². The van der Waals surface area contributed by atoms with Gasteiger partial charge in [0.15, 0.2) is 0 Å². The van der Waals surface area contributed by atoms with E-state index in [1.807, 2.05) is 42.5 Å². The SMILES string of the molecule is O=C1C(Cl)=C(NCc2ccc(Cl)cc2)C(=O)N1CCc1ccccc1. The van der Waals surface area contributed by atoms with Gasteiger partial charge in [-0.2, -0.15) is 0 Å². The standard InChI is InChI=1S/C19H16Cl2N2O2/c20-15-8-6-14(7-9-15)12-22-17-16(21)18(24)23(19(17)25)11-10-13-4-2-1-3-5-13/h1-9,22H,10-12H2.